The second-order valence-electron chi connectivity index (χ2n) is 7.04. The van der Waals surface area contributed by atoms with Crippen LogP contribution in [0.15, 0.2) is 0 Å². The minimum atomic E-state index is 0.639. The molecule has 2 rings (SSSR count). The fraction of sp³-hybridized carbons (Fsp3) is 1.00. The number of rotatable bonds is 1. The SMILES string of the molecule is CCC1CC2CC(C)(C)CCC2CC1C. The van der Waals surface area contributed by atoms with Crippen molar-refractivity contribution in [2.75, 3.05) is 0 Å². The first-order valence-corrected chi connectivity index (χ1v) is 7.02. The lowest BCUT2D eigenvalue weighted by Gasteiger charge is -2.47. The Morgan fingerprint density at radius 1 is 1.13 bits per heavy atom. The van der Waals surface area contributed by atoms with E-state index in [0.717, 1.165) is 23.7 Å². The van der Waals surface area contributed by atoms with Crippen molar-refractivity contribution in [2.24, 2.45) is 29.1 Å². The highest BCUT2D eigenvalue weighted by atomic mass is 14.5. The van der Waals surface area contributed by atoms with Gasteiger partial charge in [-0.05, 0) is 61.2 Å². The molecule has 0 spiro atoms. The van der Waals surface area contributed by atoms with E-state index in [1.54, 1.807) is 0 Å². The Morgan fingerprint density at radius 2 is 1.87 bits per heavy atom. The van der Waals surface area contributed by atoms with Crippen molar-refractivity contribution in [2.45, 2.75) is 66.2 Å². The molecule has 0 aromatic rings. The van der Waals surface area contributed by atoms with Crippen LogP contribution in [0.25, 0.3) is 0 Å². The highest BCUT2D eigenvalue weighted by Crippen LogP contribution is 2.51. The van der Waals surface area contributed by atoms with E-state index in [1.165, 1.54) is 38.5 Å². The first kappa shape index (κ1) is 11.5. The van der Waals surface area contributed by atoms with Crippen LogP contribution < -0.4 is 0 Å². The van der Waals surface area contributed by atoms with Crippen LogP contribution in [0.2, 0.25) is 0 Å². The lowest BCUT2D eigenvalue weighted by Crippen LogP contribution is -2.37. The van der Waals surface area contributed by atoms with E-state index in [2.05, 4.69) is 27.7 Å². The third kappa shape index (κ3) is 2.40. The molecule has 0 amide bonds. The van der Waals surface area contributed by atoms with Gasteiger partial charge in [-0.25, -0.2) is 0 Å². The molecule has 0 heteroatoms. The molecular formula is C15H28. The predicted molar refractivity (Wildman–Crippen MR) is 66.8 cm³/mol. The Hall–Kier alpha value is 0. The van der Waals surface area contributed by atoms with Crippen molar-refractivity contribution in [3.05, 3.63) is 0 Å². The fourth-order valence-electron chi connectivity index (χ4n) is 4.24. The molecule has 0 aromatic heterocycles. The standard InChI is InChI=1S/C15H28/c1-5-12-9-14-10-15(3,4)7-6-13(14)8-11(12)2/h11-14H,5-10H2,1-4H3. The molecule has 4 atom stereocenters. The van der Waals surface area contributed by atoms with Crippen LogP contribution in [0.5, 0.6) is 0 Å². The first-order chi connectivity index (χ1) is 7.02. The van der Waals surface area contributed by atoms with Crippen LogP contribution in [0, 0.1) is 29.1 Å². The number of fused-ring (bicyclic) bond motifs is 1. The molecule has 2 saturated carbocycles. The van der Waals surface area contributed by atoms with Gasteiger partial charge in [0.25, 0.3) is 0 Å². The van der Waals surface area contributed by atoms with Gasteiger partial charge >= 0.3 is 0 Å². The third-order valence-electron chi connectivity index (χ3n) is 5.28. The Kier molecular flexibility index (Phi) is 3.14. The lowest BCUT2D eigenvalue weighted by molar-refractivity contribution is 0.0326. The molecule has 0 bridgehead atoms. The maximum Gasteiger partial charge on any atom is -0.0351 e. The smallest absolute Gasteiger partial charge is 0.0351 e. The maximum atomic E-state index is 2.49. The summed E-state index contributed by atoms with van der Waals surface area (Å²) in [4.78, 5) is 0. The van der Waals surface area contributed by atoms with Crippen LogP contribution in [0.3, 0.4) is 0 Å². The largest absolute Gasteiger partial charge is 0.0651 e. The summed E-state index contributed by atoms with van der Waals surface area (Å²) in [5, 5.41) is 0. The maximum absolute atomic E-state index is 2.49. The van der Waals surface area contributed by atoms with Gasteiger partial charge in [-0.3, -0.25) is 0 Å². The van der Waals surface area contributed by atoms with Gasteiger partial charge in [-0.2, -0.15) is 0 Å². The van der Waals surface area contributed by atoms with Gasteiger partial charge in [0.15, 0.2) is 0 Å². The number of hydrogen-bond acceptors (Lipinski definition) is 0. The fourth-order valence-corrected chi connectivity index (χ4v) is 4.24. The molecule has 2 aliphatic carbocycles. The minimum Gasteiger partial charge on any atom is -0.0651 e. The van der Waals surface area contributed by atoms with E-state index in [1.807, 2.05) is 0 Å². The van der Waals surface area contributed by atoms with Crippen LogP contribution >= 0.6 is 0 Å². The van der Waals surface area contributed by atoms with Crippen molar-refractivity contribution in [1.82, 2.24) is 0 Å². The van der Waals surface area contributed by atoms with Gasteiger partial charge in [0.1, 0.15) is 0 Å². The molecular weight excluding hydrogens is 180 g/mol. The molecule has 0 radical (unpaired) electrons. The first-order valence-electron chi connectivity index (χ1n) is 7.02. The summed E-state index contributed by atoms with van der Waals surface area (Å²) in [5.74, 6) is 4.17. The Labute approximate surface area is 95.8 Å². The molecule has 2 fully saturated rings. The predicted octanol–water partition coefficient (Wildman–Crippen LogP) is 4.89. The molecule has 15 heavy (non-hydrogen) atoms. The zero-order chi connectivity index (χ0) is 11.1. The second kappa shape index (κ2) is 4.11. The molecule has 2 aliphatic rings. The van der Waals surface area contributed by atoms with Crippen molar-refractivity contribution < 1.29 is 0 Å². The summed E-state index contributed by atoms with van der Waals surface area (Å²) in [6.45, 7) is 9.82. The topological polar surface area (TPSA) is 0 Å². The lowest BCUT2D eigenvalue weighted by atomic mass is 9.58. The monoisotopic (exact) mass is 208 g/mol. The Bertz CT molecular complexity index is 216. The van der Waals surface area contributed by atoms with Crippen molar-refractivity contribution in [3.8, 4) is 0 Å². The van der Waals surface area contributed by atoms with E-state index < -0.39 is 0 Å². The Balaban J connectivity index is 2.02. The molecule has 88 valence electrons. The van der Waals surface area contributed by atoms with Gasteiger partial charge in [0, 0.05) is 0 Å². The molecule has 0 heterocycles. The quantitative estimate of drug-likeness (QED) is 0.576. The summed E-state index contributed by atoms with van der Waals surface area (Å²) >= 11 is 0. The van der Waals surface area contributed by atoms with Gasteiger partial charge in [-0.15, -0.1) is 0 Å². The molecule has 4 unspecified atom stereocenters. The van der Waals surface area contributed by atoms with Crippen LogP contribution in [-0.4, -0.2) is 0 Å². The molecule has 0 nitrogen and oxygen atoms in total. The summed E-state index contributed by atoms with van der Waals surface area (Å²) in [7, 11) is 0. The summed E-state index contributed by atoms with van der Waals surface area (Å²) < 4.78 is 0. The van der Waals surface area contributed by atoms with Crippen molar-refractivity contribution >= 4 is 0 Å². The van der Waals surface area contributed by atoms with E-state index in [0.29, 0.717) is 5.41 Å². The van der Waals surface area contributed by atoms with Crippen molar-refractivity contribution in [1.29, 1.82) is 0 Å². The van der Waals surface area contributed by atoms with Gasteiger partial charge in [0.05, 0.1) is 0 Å². The van der Waals surface area contributed by atoms with E-state index in [-0.39, 0.29) is 0 Å². The average molecular weight is 208 g/mol. The summed E-state index contributed by atoms with van der Waals surface area (Å²) in [6, 6.07) is 0. The van der Waals surface area contributed by atoms with Crippen LogP contribution in [0.4, 0.5) is 0 Å². The molecule has 0 aromatic carbocycles. The zero-order valence-electron chi connectivity index (χ0n) is 11.1. The van der Waals surface area contributed by atoms with Crippen LogP contribution in [0.1, 0.15) is 66.2 Å². The molecule has 0 aliphatic heterocycles. The molecule has 0 N–H and O–H groups in total. The second-order valence-corrected chi connectivity index (χ2v) is 7.04. The van der Waals surface area contributed by atoms with Gasteiger partial charge < -0.3 is 0 Å². The normalized spacial score (nSPS) is 44.8. The highest BCUT2D eigenvalue weighted by molar-refractivity contribution is 4.91. The zero-order valence-corrected chi connectivity index (χ0v) is 11.1. The average Bonchev–Trinajstić information content (AvgIpc) is 2.17. The van der Waals surface area contributed by atoms with E-state index in [9.17, 15) is 0 Å². The van der Waals surface area contributed by atoms with Gasteiger partial charge in [-0.1, -0.05) is 34.1 Å². The number of hydrogen-bond donors (Lipinski definition) is 0. The summed E-state index contributed by atoms with van der Waals surface area (Å²) in [6.07, 6.45) is 8.95. The van der Waals surface area contributed by atoms with Crippen LogP contribution in [-0.2, 0) is 0 Å². The van der Waals surface area contributed by atoms with E-state index >= 15 is 0 Å². The van der Waals surface area contributed by atoms with E-state index in [4.69, 9.17) is 0 Å². The highest BCUT2D eigenvalue weighted by Gasteiger charge is 2.40. The minimum absolute atomic E-state index is 0.639. The van der Waals surface area contributed by atoms with Crippen molar-refractivity contribution in [3.63, 3.8) is 0 Å². The molecule has 0 saturated heterocycles. The third-order valence-corrected chi connectivity index (χ3v) is 5.28. The van der Waals surface area contributed by atoms with Gasteiger partial charge in [0.2, 0.25) is 0 Å². The summed E-state index contributed by atoms with van der Waals surface area (Å²) in [5.41, 5.74) is 0.639. The Morgan fingerprint density at radius 3 is 2.53 bits per heavy atom.